The van der Waals surface area contributed by atoms with Crippen molar-refractivity contribution in [1.29, 1.82) is 0 Å². The SMILES string of the molecule is O=C(CN1CCN(C(=O)c2ccc(Cl)cc2)CC1)Nc1cc2c(cc1Cl)OCCO2. The van der Waals surface area contributed by atoms with E-state index in [4.69, 9.17) is 32.7 Å². The number of amides is 2. The number of benzene rings is 2. The van der Waals surface area contributed by atoms with Crippen LogP contribution in [0.4, 0.5) is 5.69 Å². The highest BCUT2D eigenvalue weighted by atomic mass is 35.5. The first kappa shape index (κ1) is 20.8. The Morgan fingerprint density at radius 2 is 1.57 bits per heavy atom. The minimum Gasteiger partial charge on any atom is -0.486 e. The van der Waals surface area contributed by atoms with Crippen LogP contribution >= 0.6 is 23.2 Å². The highest BCUT2D eigenvalue weighted by Gasteiger charge is 2.24. The van der Waals surface area contributed by atoms with Crippen molar-refractivity contribution >= 4 is 40.7 Å². The quantitative estimate of drug-likeness (QED) is 0.775. The monoisotopic (exact) mass is 449 g/mol. The molecule has 1 N–H and O–H groups in total. The molecule has 0 aliphatic carbocycles. The zero-order valence-corrected chi connectivity index (χ0v) is 17.7. The van der Waals surface area contributed by atoms with Gasteiger partial charge in [-0.15, -0.1) is 0 Å². The maximum atomic E-state index is 12.6. The lowest BCUT2D eigenvalue weighted by Crippen LogP contribution is -2.50. The van der Waals surface area contributed by atoms with Gasteiger partial charge in [-0.25, -0.2) is 0 Å². The summed E-state index contributed by atoms with van der Waals surface area (Å²) < 4.78 is 11.0. The first-order chi connectivity index (χ1) is 14.5. The third-order valence-electron chi connectivity index (χ3n) is 5.02. The van der Waals surface area contributed by atoms with Crippen LogP contribution in [-0.4, -0.2) is 67.6 Å². The second-order valence-electron chi connectivity index (χ2n) is 7.10. The first-order valence-electron chi connectivity index (χ1n) is 9.66. The van der Waals surface area contributed by atoms with E-state index in [0.29, 0.717) is 72.2 Å². The molecular weight excluding hydrogens is 429 g/mol. The fraction of sp³-hybridized carbons (Fsp3) is 0.333. The van der Waals surface area contributed by atoms with Crippen LogP contribution in [0, 0.1) is 0 Å². The molecule has 158 valence electrons. The number of fused-ring (bicyclic) bond motifs is 1. The minimum absolute atomic E-state index is 0.0289. The van der Waals surface area contributed by atoms with E-state index in [-0.39, 0.29) is 18.4 Å². The van der Waals surface area contributed by atoms with E-state index < -0.39 is 0 Å². The Hall–Kier alpha value is -2.48. The van der Waals surface area contributed by atoms with Gasteiger partial charge in [0.05, 0.1) is 17.3 Å². The second-order valence-corrected chi connectivity index (χ2v) is 7.94. The van der Waals surface area contributed by atoms with E-state index in [1.165, 1.54) is 0 Å². The zero-order chi connectivity index (χ0) is 21.1. The number of hydrogen-bond donors (Lipinski definition) is 1. The number of nitrogens with zero attached hydrogens (tertiary/aromatic N) is 2. The second kappa shape index (κ2) is 9.12. The molecule has 30 heavy (non-hydrogen) atoms. The summed E-state index contributed by atoms with van der Waals surface area (Å²) in [4.78, 5) is 28.9. The lowest BCUT2D eigenvalue weighted by Gasteiger charge is -2.34. The number of carbonyl (C=O) groups is 2. The fourth-order valence-electron chi connectivity index (χ4n) is 3.44. The number of ether oxygens (including phenoxy) is 2. The van der Waals surface area contributed by atoms with Gasteiger partial charge < -0.3 is 19.7 Å². The number of piperazine rings is 1. The summed E-state index contributed by atoms with van der Waals surface area (Å²) >= 11 is 12.1. The number of rotatable bonds is 4. The Bertz CT molecular complexity index is 944. The highest BCUT2D eigenvalue weighted by Crippen LogP contribution is 2.37. The van der Waals surface area contributed by atoms with Crippen LogP contribution in [-0.2, 0) is 4.79 Å². The van der Waals surface area contributed by atoms with Crippen molar-refractivity contribution in [2.24, 2.45) is 0 Å². The summed E-state index contributed by atoms with van der Waals surface area (Å²) in [5.74, 6) is 0.936. The van der Waals surface area contributed by atoms with Gasteiger partial charge >= 0.3 is 0 Å². The maximum Gasteiger partial charge on any atom is 0.253 e. The molecule has 2 aliphatic heterocycles. The maximum absolute atomic E-state index is 12.6. The molecule has 0 radical (unpaired) electrons. The molecule has 0 aromatic heterocycles. The normalized spacial score (nSPS) is 16.3. The predicted molar refractivity (Wildman–Crippen MR) is 115 cm³/mol. The van der Waals surface area contributed by atoms with Crippen LogP contribution in [0.2, 0.25) is 10.0 Å². The Kier molecular flexibility index (Phi) is 6.32. The van der Waals surface area contributed by atoms with Crippen LogP contribution in [0.5, 0.6) is 11.5 Å². The minimum atomic E-state index is -0.175. The molecule has 4 rings (SSSR count). The molecule has 0 spiro atoms. The van der Waals surface area contributed by atoms with Gasteiger partial charge in [0.25, 0.3) is 5.91 Å². The van der Waals surface area contributed by atoms with Gasteiger partial charge in [-0.2, -0.15) is 0 Å². The average molecular weight is 450 g/mol. The van der Waals surface area contributed by atoms with Crippen LogP contribution in [0.25, 0.3) is 0 Å². The molecule has 2 aliphatic rings. The van der Waals surface area contributed by atoms with E-state index in [9.17, 15) is 9.59 Å². The van der Waals surface area contributed by atoms with Gasteiger partial charge in [0.2, 0.25) is 5.91 Å². The fourth-order valence-corrected chi connectivity index (χ4v) is 3.76. The topological polar surface area (TPSA) is 71.1 Å². The molecule has 0 saturated carbocycles. The van der Waals surface area contributed by atoms with Crippen molar-refractivity contribution in [2.75, 3.05) is 51.3 Å². The number of nitrogens with one attached hydrogen (secondary N) is 1. The van der Waals surface area contributed by atoms with Crippen LogP contribution < -0.4 is 14.8 Å². The van der Waals surface area contributed by atoms with Crippen molar-refractivity contribution in [2.45, 2.75) is 0 Å². The van der Waals surface area contributed by atoms with Crippen molar-refractivity contribution in [3.8, 4) is 11.5 Å². The molecule has 2 heterocycles. The standard InChI is InChI=1S/C21H21Cl2N3O4/c22-15-3-1-14(2-4-15)21(28)26-7-5-25(6-8-26)13-20(27)24-17-12-19-18(11-16(17)23)29-9-10-30-19/h1-4,11-12H,5-10,13H2,(H,24,27). The molecule has 2 amide bonds. The van der Waals surface area contributed by atoms with Crippen LogP contribution in [0.1, 0.15) is 10.4 Å². The number of carbonyl (C=O) groups excluding carboxylic acids is 2. The molecule has 2 aromatic rings. The van der Waals surface area contributed by atoms with E-state index in [1.807, 2.05) is 4.90 Å². The molecule has 7 nitrogen and oxygen atoms in total. The molecule has 1 saturated heterocycles. The molecular formula is C21H21Cl2N3O4. The average Bonchev–Trinajstić information content (AvgIpc) is 2.75. The summed E-state index contributed by atoms with van der Waals surface area (Å²) in [5.41, 5.74) is 1.10. The van der Waals surface area contributed by atoms with E-state index in [0.717, 1.165) is 0 Å². The molecule has 0 unspecified atom stereocenters. The van der Waals surface area contributed by atoms with E-state index >= 15 is 0 Å². The Balaban J connectivity index is 1.29. The summed E-state index contributed by atoms with van der Waals surface area (Å²) in [6, 6.07) is 10.2. The van der Waals surface area contributed by atoms with Crippen molar-refractivity contribution in [3.63, 3.8) is 0 Å². The lowest BCUT2D eigenvalue weighted by molar-refractivity contribution is -0.117. The van der Waals surface area contributed by atoms with Gasteiger partial charge in [0.15, 0.2) is 11.5 Å². The Morgan fingerprint density at radius 1 is 0.933 bits per heavy atom. The Morgan fingerprint density at radius 3 is 2.23 bits per heavy atom. The van der Waals surface area contributed by atoms with Gasteiger partial charge in [0.1, 0.15) is 13.2 Å². The summed E-state index contributed by atoms with van der Waals surface area (Å²) in [5, 5.41) is 3.82. The van der Waals surface area contributed by atoms with Crippen molar-refractivity contribution < 1.29 is 19.1 Å². The van der Waals surface area contributed by atoms with Gasteiger partial charge in [0, 0.05) is 48.9 Å². The third-order valence-corrected chi connectivity index (χ3v) is 5.59. The number of hydrogen-bond acceptors (Lipinski definition) is 5. The first-order valence-corrected chi connectivity index (χ1v) is 10.4. The summed E-state index contributed by atoms with van der Waals surface area (Å²) in [6.07, 6.45) is 0. The molecule has 2 aromatic carbocycles. The third kappa shape index (κ3) is 4.80. The van der Waals surface area contributed by atoms with Gasteiger partial charge in [-0.1, -0.05) is 23.2 Å². The Labute approximate surface area is 184 Å². The summed E-state index contributed by atoms with van der Waals surface area (Å²) in [7, 11) is 0. The highest BCUT2D eigenvalue weighted by molar-refractivity contribution is 6.34. The largest absolute Gasteiger partial charge is 0.486 e. The van der Waals surface area contributed by atoms with E-state index in [2.05, 4.69) is 5.32 Å². The molecule has 9 heteroatoms. The molecule has 0 atom stereocenters. The van der Waals surface area contributed by atoms with Gasteiger partial charge in [-0.05, 0) is 24.3 Å². The molecule has 1 fully saturated rings. The van der Waals surface area contributed by atoms with Crippen LogP contribution in [0.15, 0.2) is 36.4 Å². The zero-order valence-electron chi connectivity index (χ0n) is 16.2. The van der Waals surface area contributed by atoms with Crippen LogP contribution in [0.3, 0.4) is 0 Å². The smallest absolute Gasteiger partial charge is 0.253 e. The van der Waals surface area contributed by atoms with Crippen molar-refractivity contribution in [3.05, 3.63) is 52.0 Å². The number of halogens is 2. The van der Waals surface area contributed by atoms with Gasteiger partial charge in [-0.3, -0.25) is 14.5 Å². The van der Waals surface area contributed by atoms with Crippen molar-refractivity contribution in [1.82, 2.24) is 9.80 Å². The van der Waals surface area contributed by atoms with E-state index in [1.54, 1.807) is 41.3 Å². The molecule has 0 bridgehead atoms. The summed E-state index contributed by atoms with van der Waals surface area (Å²) in [6.45, 7) is 3.48. The number of anilines is 1. The lowest BCUT2D eigenvalue weighted by atomic mass is 10.2. The predicted octanol–water partition coefficient (Wildman–Crippen LogP) is 3.16.